The Labute approximate surface area is 170 Å². The van der Waals surface area contributed by atoms with E-state index in [0.717, 1.165) is 36.9 Å². The van der Waals surface area contributed by atoms with Crippen LogP contribution >= 0.6 is 0 Å². The lowest BCUT2D eigenvalue weighted by Gasteiger charge is -2.14. The summed E-state index contributed by atoms with van der Waals surface area (Å²) >= 11 is 0. The molecule has 1 N–H and O–H groups in total. The second-order valence-corrected chi connectivity index (χ2v) is 7.96. The van der Waals surface area contributed by atoms with Crippen molar-refractivity contribution in [2.45, 2.75) is 38.4 Å². The van der Waals surface area contributed by atoms with E-state index < -0.39 is 23.5 Å². The molecule has 4 rings (SSSR count). The molecule has 7 heteroatoms. The van der Waals surface area contributed by atoms with Crippen LogP contribution in [-0.4, -0.2) is 21.4 Å². The highest BCUT2D eigenvalue weighted by Crippen LogP contribution is 2.39. The van der Waals surface area contributed by atoms with Crippen LogP contribution in [0.4, 0.5) is 13.2 Å². The van der Waals surface area contributed by atoms with Gasteiger partial charge in [0.15, 0.2) is 0 Å². The predicted octanol–water partition coefficient (Wildman–Crippen LogP) is 5.96. The summed E-state index contributed by atoms with van der Waals surface area (Å²) in [6.07, 6.45) is 0.160. The zero-order valence-corrected chi connectivity index (χ0v) is 16.2. The molecule has 0 bridgehead atoms. The Hall–Kier alpha value is -3.09. The molecule has 0 radical (unpaired) electrons. The van der Waals surface area contributed by atoms with Gasteiger partial charge in [-0.3, -0.25) is 4.79 Å². The van der Waals surface area contributed by atoms with Crippen molar-refractivity contribution in [2.75, 3.05) is 0 Å². The molecule has 1 saturated carbocycles. The number of nitrogens with zero attached hydrogens (tertiary/aromatic N) is 1. The molecule has 0 spiro atoms. The van der Waals surface area contributed by atoms with E-state index >= 15 is 0 Å². The molecule has 1 aromatic heterocycles. The Balaban J connectivity index is 1.82. The van der Waals surface area contributed by atoms with Crippen LogP contribution in [0.1, 0.15) is 48.1 Å². The third kappa shape index (κ3) is 3.60. The Morgan fingerprint density at radius 2 is 1.70 bits per heavy atom. The van der Waals surface area contributed by atoms with E-state index in [1.54, 1.807) is 18.3 Å². The molecule has 2 unspecified atom stereocenters. The topological polar surface area (TPSA) is 59.3 Å². The van der Waals surface area contributed by atoms with E-state index in [4.69, 9.17) is 0 Å². The fourth-order valence-electron chi connectivity index (χ4n) is 4.31. The Morgan fingerprint density at radius 3 is 2.27 bits per heavy atom. The summed E-state index contributed by atoms with van der Waals surface area (Å²) in [6, 6.07) is 10.2. The fourth-order valence-corrected chi connectivity index (χ4v) is 4.31. The molecule has 4 nitrogen and oxygen atoms in total. The van der Waals surface area contributed by atoms with Gasteiger partial charge in [-0.2, -0.15) is 13.2 Å². The third-order valence-corrected chi connectivity index (χ3v) is 5.88. The molecule has 30 heavy (non-hydrogen) atoms. The van der Waals surface area contributed by atoms with E-state index in [0.29, 0.717) is 22.4 Å². The number of Topliss-reactive ketones (excluding diaryl/α,β-unsaturated/α-hetero) is 1. The van der Waals surface area contributed by atoms with Crippen LogP contribution in [0.5, 0.6) is 0 Å². The van der Waals surface area contributed by atoms with Gasteiger partial charge in [0, 0.05) is 23.1 Å². The zero-order chi connectivity index (χ0) is 21.6. The maximum absolute atomic E-state index is 12.8. The van der Waals surface area contributed by atoms with E-state index in [-0.39, 0.29) is 11.6 Å². The van der Waals surface area contributed by atoms with Crippen LogP contribution in [0.2, 0.25) is 0 Å². The molecule has 0 amide bonds. The van der Waals surface area contributed by atoms with Crippen molar-refractivity contribution in [1.29, 1.82) is 0 Å². The van der Waals surface area contributed by atoms with Gasteiger partial charge < -0.3 is 9.67 Å². The Bertz CT molecular complexity index is 1130. The lowest BCUT2D eigenvalue weighted by molar-refractivity contribution is -0.137. The summed E-state index contributed by atoms with van der Waals surface area (Å²) < 4.78 is 40.5. The fraction of sp³-hybridized carbons (Fsp3) is 0.304. The van der Waals surface area contributed by atoms with Gasteiger partial charge in [-0.15, -0.1) is 0 Å². The number of aromatic nitrogens is 1. The first-order valence-electron chi connectivity index (χ1n) is 9.75. The van der Waals surface area contributed by atoms with Gasteiger partial charge >= 0.3 is 12.1 Å². The summed E-state index contributed by atoms with van der Waals surface area (Å²) in [5.74, 6) is -1.97. The molecule has 1 heterocycles. The van der Waals surface area contributed by atoms with Crippen molar-refractivity contribution in [3.05, 3.63) is 59.8 Å². The van der Waals surface area contributed by atoms with Gasteiger partial charge in [0.25, 0.3) is 5.78 Å². The maximum Gasteiger partial charge on any atom is 0.416 e. The molecular weight excluding hydrogens is 395 g/mol. The largest absolute Gasteiger partial charge is 0.475 e. The first-order chi connectivity index (χ1) is 14.1. The van der Waals surface area contributed by atoms with Crippen molar-refractivity contribution < 1.29 is 27.9 Å². The number of benzene rings is 2. The second-order valence-electron chi connectivity index (χ2n) is 7.96. The third-order valence-electron chi connectivity index (χ3n) is 5.88. The molecule has 2 atom stereocenters. The molecule has 0 aliphatic heterocycles. The number of halogens is 3. The minimum atomic E-state index is -4.42. The van der Waals surface area contributed by atoms with E-state index in [2.05, 4.69) is 6.92 Å². The van der Waals surface area contributed by atoms with Gasteiger partial charge in [0.05, 0.1) is 11.1 Å². The standard InChI is InChI=1S/C23H20F3NO3/c1-13-2-8-17(10-13)27-12-19(21(28)22(29)30)18-11-15(5-9-20(18)27)14-3-6-16(7-4-14)23(24,25)26/h3-7,9,11-13,17H,2,8,10H2,1H3,(H,29,30). The number of rotatable bonds is 4. The summed E-state index contributed by atoms with van der Waals surface area (Å²) in [7, 11) is 0. The number of carboxylic acids is 1. The van der Waals surface area contributed by atoms with Gasteiger partial charge in [0.1, 0.15) is 0 Å². The summed E-state index contributed by atoms with van der Waals surface area (Å²) in [4.78, 5) is 23.7. The summed E-state index contributed by atoms with van der Waals surface area (Å²) in [6.45, 7) is 2.16. The normalized spacial score (nSPS) is 19.3. The van der Waals surface area contributed by atoms with Crippen molar-refractivity contribution in [3.8, 4) is 11.1 Å². The lowest BCUT2D eigenvalue weighted by atomic mass is 10.0. The average molecular weight is 415 g/mol. The minimum Gasteiger partial charge on any atom is -0.475 e. The number of hydrogen-bond donors (Lipinski definition) is 1. The van der Waals surface area contributed by atoms with Crippen LogP contribution in [0.25, 0.3) is 22.0 Å². The van der Waals surface area contributed by atoms with Gasteiger partial charge in [-0.05, 0) is 60.6 Å². The van der Waals surface area contributed by atoms with Gasteiger partial charge in [-0.1, -0.05) is 25.1 Å². The number of alkyl halides is 3. The van der Waals surface area contributed by atoms with Crippen molar-refractivity contribution >= 4 is 22.7 Å². The number of carbonyl (C=O) groups excluding carboxylic acids is 1. The molecule has 156 valence electrons. The summed E-state index contributed by atoms with van der Waals surface area (Å²) in [5.41, 5.74) is 1.30. The average Bonchev–Trinajstić information content (AvgIpc) is 3.29. The zero-order valence-electron chi connectivity index (χ0n) is 16.2. The van der Waals surface area contributed by atoms with Crippen molar-refractivity contribution in [3.63, 3.8) is 0 Å². The molecule has 1 fully saturated rings. The number of aliphatic carboxylic acids is 1. The SMILES string of the molecule is CC1CCC(n2cc(C(=O)C(=O)O)c3cc(-c4ccc(C(F)(F)F)cc4)ccc32)C1. The molecule has 0 saturated heterocycles. The Morgan fingerprint density at radius 1 is 1.03 bits per heavy atom. The van der Waals surface area contributed by atoms with Crippen LogP contribution in [0.15, 0.2) is 48.7 Å². The van der Waals surface area contributed by atoms with Gasteiger partial charge in [-0.25, -0.2) is 4.79 Å². The predicted molar refractivity (Wildman–Crippen MR) is 106 cm³/mol. The number of carbonyl (C=O) groups is 2. The van der Waals surface area contributed by atoms with Crippen LogP contribution in [-0.2, 0) is 11.0 Å². The van der Waals surface area contributed by atoms with Crippen LogP contribution < -0.4 is 0 Å². The summed E-state index contributed by atoms with van der Waals surface area (Å²) in [5, 5.41) is 9.74. The molecular formula is C23H20F3NO3. The first kappa shape index (κ1) is 20.2. The quantitative estimate of drug-likeness (QED) is 0.423. The number of fused-ring (bicyclic) bond motifs is 1. The lowest BCUT2D eigenvalue weighted by Crippen LogP contribution is -2.12. The van der Waals surface area contributed by atoms with E-state index in [1.807, 2.05) is 10.6 Å². The highest BCUT2D eigenvalue weighted by Gasteiger charge is 2.30. The van der Waals surface area contributed by atoms with E-state index in [1.165, 1.54) is 12.1 Å². The number of ketones is 1. The maximum atomic E-state index is 12.8. The van der Waals surface area contributed by atoms with Crippen molar-refractivity contribution in [2.24, 2.45) is 5.92 Å². The molecule has 1 aliphatic carbocycles. The van der Waals surface area contributed by atoms with Crippen molar-refractivity contribution in [1.82, 2.24) is 4.57 Å². The first-order valence-corrected chi connectivity index (χ1v) is 9.75. The highest BCUT2D eigenvalue weighted by atomic mass is 19.4. The Kier molecular flexibility index (Phi) is 4.92. The number of carboxylic acid groups (broad SMARTS) is 1. The van der Waals surface area contributed by atoms with E-state index in [9.17, 15) is 27.9 Å². The van der Waals surface area contributed by atoms with Crippen LogP contribution in [0.3, 0.4) is 0 Å². The monoisotopic (exact) mass is 415 g/mol. The molecule has 2 aromatic carbocycles. The minimum absolute atomic E-state index is 0.103. The van der Waals surface area contributed by atoms with Gasteiger partial charge in [0.2, 0.25) is 0 Å². The number of hydrogen-bond acceptors (Lipinski definition) is 2. The highest BCUT2D eigenvalue weighted by molar-refractivity contribution is 6.42. The second kappa shape index (κ2) is 7.31. The molecule has 1 aliphatic rings. The molecule has 3 aromatic rings. The smallest absolute Gasteiger partial charge is 0.416 e. The van der Waals surface area contributed by atoms with Crippen LogP contribution in [0, 0.1) is 5.92 Å².